The van der Waals surface area contributed by atoms with E-state index in [1.165, 1.54) is 0 Å². The molecule has 0 aliphatic rings. The first kappa shape index (κ1) is 29.1. The van der Waals surface area contributed by atoms with Crippen LogP contribution in [0.2, 0.25) is 0 Å². The van der Waals surface area contributed by atoms with E-state index in [9.17, 15) is 19.2 Å². The standard InChI is InChI=1S/C28H36N4O5/c1-5-9-21(17-26(34)35)29-27(36)24(14-18(2)3)31-25(33)16-20-11-8-12-22(15-20)30-28(37)32-23-13-7-6-10-19(23)4/h5-8,10-13,15,18,21,24H,1,9,14,16-17H2,2-4H3,(H,29,36)(H,31,33)(H,34,35)(H2,30,32,37)/t21-,24+/m1/s1. The highest BCUT2D eigenvalue weighted by Gasteiger charge is 2.25. The SMILES string of the molecule is C=CC[C@H](CC(=O)O)NC(=O)[C@H](CC(C)C)NC(=O)Cc1cccc(NC(=O)Nc2ccccc2C)c1. The molecule has 2 rings (SSSR count). The number of para-hydroxylation sites is 1. The van der Waals surface area contributed by atoms with Crippen molar-refractivity contribution in [2.45, 2.75) is 58.5 Å². The summed E-state index contributed by atoms with van der Waals surface area (Å²) in [5.74, 6) is -1.70. The molecular weight excluding hydrogens is 472 g/mol. The van der Waals surface area contributed by atoms with Crippen molar-refractivity contribution >= 4 is 35.2 Å². The number of amides is 4. The van der Waals surface area contributed by atoms with E-state index in [1.807, 2.05) is 39.0 Å². The van der Waals surface area contributed by atoms with Gasteiger partial charge in [0.1, 0.15) is 6.04 Å². The Bertz CT molecular complexity index is 1120. The summed E-state index contributed by atoms with van der Waals surface area (Å²) in [6.07, 6.45) is 2.01. The van der Waals surface area contributed by atoms with Crippen molar-refractivity contribution in [3.8, 4) is 0 Å². The quantitative estimate of drug-likeness (QED) is 0.258. The largest absolute Gasteiger partial charge is 0.481 e. The number of carboxylic acid groups (broad SMARTS) is 1. The van der Waals surface area contributed by atoms with Crippen molar-refractivity contribution in [3.63, 3.8) is 0 Å². The van der Waals surface area contributed by atoms with Crippen LogP contribution in [0, 0.1) is 12.8 Å². The van der Waals surface area contributed by atoms with Gasteiger partial charge in [0, 0.05) is 17.4 Å². The van der Waals surface area contributed by atoms with E-state index in [0.717, 1.165) is 5.56 Å². The molecule has 9 heteroatoms. The van der Waals surface area contributed by atoms with E-state index < -0.39 is 30.0 Å². The van der Waals surface area contributed by atoms with Crippen LogP contribution in [-0.4, -0.2) is 41.0 Å². The van der Waals surface area contributed by atoms with Gasteiger partial charge in [-0.2, -0.15) is 0 Å². The summed E-state index contributed by atoms with van der Waals surface area (Å²) in [4.78, 5) is 49.2. The number of aryl methyl sites for hydroxylation is 1. The lowest BCUT2D eigenvalue weighted by molar-refractivity contribution is -0.138. The molecule has 2 aromatic carbocycles. The molecule has 2 aromatic rings. The van der Waals surface area contributed by atoms with Crippen molar-refractivity contribution < 1.29 is 24.3 Å². The highest BCUT2D eigenvalue weighted by atomic mass is 16.4. The maximum absolute atomic E-state index is 12.9. The van der Waals surface area contributed by atoms with Gasteiger partial charge in [-0.15, -0.1) is 6.58 Å². The summed E-state index contributed by atoms with van der Waals surface area (Å²) in [5.41, 5.74) is 2.81. The Morgan fingerprint density at radius 1 is 1.00 bits per heavy atom. The molecule has 198 valence electrons. The average molecular weight is 509 g/mol. The van der Waals surface area contributed by atoms with Crippen molar-refractivity contribution in [3.05, 3.63) is 72.3 Å². The summed E-state index contributed by atoms with van der Waals surface area (Å²) in [6, 6.07) is 12.5. The molecule has 9 nitrogen and oxygen atoms in total. The first-order valence-corrected chi connectivity index (χ1v) is 12.2. The maximum Gasteiger partial charge on any atom is 0.323 e. The highest BCUT2D eigenvalue weighted by molar-refractivity contribution is 6.00. The highest BCUT2D eigenvalue weighted by Crippen LogP contribution is 2.16. The molecule has 5 N–H and O–H groups in total. The third-order valence-corrected chi connectivity index (χ3v) is 5.52. The minimum atomic E-state index is -1.03. The number of carbonyl (C=O) groups is 4. The molecule has 0 radical (unpaired) electrons. The fourth-order valence-electron chi connectivity index (χ4n) is 3.80. The molecule has 0 unspecified atom stereocenters. The number of hydrogen-bond acceptors (Lipinski definition) is 4. The molecule has 0 heterocycles. The maximum atomic E-state index is 12.9. The summed E-state index contributed by atoms with van der Waals surface area (Å²) < 4.78 is 0. The molecule has 0 saturated carbocycles. The number of urea groups is 1. The second-order valence-electron chi connectivity index (χ2n) is 9.35. The van der Waals surface area contributed by atoms with Crippen molar-refractivity contribution in [2.24, 2.45) is 5.92 Å². The van der Waals surface area contributed by atoms with Gasteiger partial charge < -0.3 is 26.4 Å². The Kier molecular flexibility index (Phi) is 11.3. The number of anilines is 2. The van der Waals surface area contributed by atoms with Crippen LogP contribution in [0.3, 0.4) is 0 Å². The van der Waals surface area contributed by atoms with Crippen molar-refractivity contribution in [1.82, 2.24) is 10.6 Å². The predicted molar refractivity (Wildman–Crippen MR) is 144 cm³/mol. The molecule has 0 bridgehead atoms. The van der Waals surface area contributed by atoms with Crippen LogP contribution in [-0.2, 0) is 20.8 Å². The number of benzene rings is 2. The molecule has 0 saturated heterocycles. The summed E-state index contributed by atoms with van der Waals surface area (Å²) in [7, 11) is 0. The lowest BCUT2D eigenvalue weighted by atomic mass is 10.0. The van der Waals surface area contributed by atoms with E-state index in [0.29, 0.717) is 29.8 Å². The van der Waals surface area contributed by atoms with Crippen LogP contribution in [0.4, 0.5) is 16.2 Å². The molecule has 0 aliphatic carbocycles. The van der Waals surface area contributed by atoms with E-state index >= 15 is 0 Å². The number of carboxylic acids is 1. The van der Waals surface area contributed by atoms with Gasteiger partial charge in [0.05, 0.1) is 12.8 Å². The molecule has 4 amide bonds. The third-order valence-electron chi connectivity index (χ3n) is 5.52. The average Bonchev–Trinajstić information content (AvgIpc) is 2.79. The number of rotatable bonds is 13. The normalized spacial score (nSPS) is 12.2. The zero-order valence-corrected chi connectivity index (χ0v) is 21.5. The van der Waals surface area contributed by atoms with Crippen molar-refractivity contribution in [1.29, 1.82) is 0 Å². The fraction of sp³-hybridized carbons (Fsp3) is 0.357. The Balaban J connectivity index is 2.01. The molecule has 37 heavy (non-hydrogen) atoms. The molecule has 0 fully saturated rings. The van der Waals surface area contributed by atoms with Gasteiger partial charge in [0.25, 0.3) is 0 Å². The van der Waals surface area contributed by atoms with E-state index in [1.54, 1.807) is 36.4 Å². The van der Waals surface area contributed by atoms with Gasteiger partial charge in [-0.1, -0.05) is 50.3 Å². The zero-order chi connectivity index (χ0) is 27.4. The lowest BCUT2D eigenvalue weighted by Crippen LogP contribution is -2.50. The number of nitrogens with one attached hydrogen (secondary N) is 4. The molecule has 2 atom stereocenters. The molecular formula is C28H36N4O5. The third kappa shape index (κ3) is 10.6. The van der Waals surface area contributed by atoms with Crippen LogP contribution in [0.15, 0.2) is 61.2 Å². The van der Waals surface area contributed by atoms with Gasteiger partial charge >= 0.3 is 12.0 Å². The van der Waals surface area contributed by atoms with Gasteiger partial charge in [0.2, 0.25) is 11.8 Å². The topological polar surface area (TPSA) is 137 Å². The van der Waals surface area contributed by atoms with Gasteiger partial charge in [-0.3, -0.25) is 14.4 Å². The lowest BCUT2D eigenvalue weighted by Gasteiger charge is -2.23. The Morgan fingerprint density at radius 3 is 2.38 bits per heavy atom. The predicted octanol–water partition coefficient (Wildman–Crippen LogP) is 4.25. The number of hydrogen-bond donors (Lipinski definition) is 5. The van der Waals surface area contributed by atoms with Crippen molar-refractivity contribution in [2.75, 3.05) is 10.6 Å². The monoisotopic (exact) mass is 508 g/mol. The van der Waals surface area contributed by atoms with E-state index in [-0.39, 0.29) is 24.7 Å². The zero-order valence-electron chi connectivity index (χ0n) is 21.5. The summed E-state index contributed by atoms with van der Waals surface area (Å²) in [5, 5.41) is 20.1. The van der Waals surface area contributed by atoms with Gasteiger partial charge in [-0.25, -0.2) is 4.79 Å². The van der Waals surface area contributed by atoms with Gasteiger partial charge in [0.15, 0.2) is 0 Å². The fourth-order valence-corrected chi connectivity index (χ4v) is 3.80. The Labute approximate surface area is 217 Å². The van der Waals surface area contributed by atoms with Crippen LogP contribution < -0.4 is 21.3 Å². The van der Waals surface area contributed by atoms with Crippen LogP contribution >= 0.6 is 0 Å². The first-order chi connectivity index (χ1) is 17.6. The number of aliphatic carboxylic acids is 1. The van der Waals surface area contributed by atoms with Crippen LogP contribution in [0.1, 0.15) is 44.2 Å². The second kappa shape index (κ2) is 14.4. The summed E-state index contributed by atoms with van der Waals surface area (Å²) >= 11 is 0. The molecule has 0 aliphatic heterocycles. The summed E-state index contributed by atoms with van der Waals surface area (Å²) in [6.45, 7) is 9.37. The Hall–Kier alpha value is -4.14. The van der Waals surface area contributed by atoms with E-state index in [2.05, 4.69) is 27.8 Å². The molecule has 0 aromatic heterocycles. The van der Waals surface area contributed by atoms with Gasteiger partial charge in [-0.05, 0) is 55.0 Å². The first-order valence-electron chi connectivity index (χ1n) is 12.2. The molecule has 0 spiro atoms. The minimum absolute atomic E-state index is 0.00200. The van der Waals surface area contributed by atoms with E-state index in [4.69, 9.17) is 5.11 Å². The second-order valence-corrected chi connectivity index (χ2v) is 9.35. The van der Waals surface area contributed by atoms with Crippen LogP contribution in [0.25, 0.3) is 0 Å². The van der Waals surface area contributed by atoms with Crippen LogP contribution in [0.5, 0.6) is 0 Å². The Morgan fingerprint density at radius 2 is 1.73 bits per heavy atom. The minimum Gasteiger partial charge on any atom is -0.481 e. The number of carbonyl (C=O) groups excluding carboxylic acids is 3. The smallest absolute Gasteiger partial charge is 0.323 e.